The Morgan fingerprint density at radius 3 is 2.63 bits per heavy atom. The maximum atomic E-state index is 10.7. The standard InChI is InChI=1S/C12H20N4O3/c1-3-8(4-2)10(17)7-14-12-6-9(16(18)19)5-11(13)15-12/h5-6,8,10,17H,3-4,7H2,1-2H3,(H3,13,14,15). The van der Waals surface area contributed by atoms with Gasteiger partial charge in [-0.25, -0.2) is 4.98 Å². The van der Waals surface area contributed by atoms with Gasteiger partial charge in [0, 0.05) is 6.54 Å². The average Bonchev–Trinajstić information content (AvgIpc) is 2.37. The highest BCUT2D eigenvalue weighted by molar-refractivity contribution is 5.52. The molecule has 4 N–H and O–H groups in total. The molecule has 0 aliphatic carbocycles. The number of nitro groups is 1. The van der Waals surface area contributed by atoms with Crippen LogP contribution in [0.1, 0.15) is 26.7 Å². The molecule has 0 aromatic carbocycles. The number of aliphatic hydroxyl groups excluding tert-OH is 1. The quantitative estimate of drug-likeness (QED) is 0.513. The van der Waals surface area contributed by atoms with Gasteiger partial charge in [-0.15, -0.1) is 0 Å². The third-order valence-electron chi connectivity index (χ3n) is 3.13. The van der Waals surface area contributed by atoms with Gasteiger partial charge in [-0.3, -0.25) is 10.1 Å². The molecule has 0 fully saturated rings. The van der Waals surface area contributed by atoms with Crippen LogP contribution in [0.25, 0.3) is 0 Å². The van der Waals surface area contributed by atoms with Gasteiger partial charge < -0.3 is 16.2 Å². The number of nitrogens with zero attached hydrogens (tertiary/aromatic N) is 2. The minimum Gasteiger partial charge on any atom is -0.391 e. The van der Waals surface area contributed by atoms with E-state index in [1.807, 2.05) is 13.8 Å². The Hall–Kier alpha value is -1.89. The van der Waals surface area contributed by atoms with Crippen LogP contribution in [0.4, 0.5) is 17.3 Å². The zero-order valence-electron chi connectivity index (χ0n) is 11.2. The molecule has 19 heavy (non-hydrogen) atoms. The summed E-state index contributed by atoms with van der Waals surface area (Å²) >= 11 is 0. The van der Waals surface area contributed by atoms with Gasteiger partial charge in [0.25, 0.3) is 5.69 Å². The maximum Gasteiger partial charge on any atom is 0.276 e. The third kappa shape index (κ3) is 4.36. The molecule has 1 heterocycles. The van der Waals surface area contributed by atoms with Crippen LogP contribution in [0.3, 0.4) is 0 Å². The summed E-state index contributed by atoms with van der Waals surface area (Å²) in [7, 11) is 0. The van der Waals surface area contributed by atoms with Gasteiger partial charge in [-0.1, -0.05) is 26.7 Å². The molecule has 0 saturated heterocycles. The van der Waals surface area contributed by atoms with Crippen molar-refractivity contribution >= 4 is 17.3 Å². The Morgan fingerprint density at radius 1 is 1.47 bits per heavy atom. The molecular weight excluding hydrogens is 248 g/mol. The molecule has 1 rings (SSSR count). The SMILES string of the molecule is CCC(CC)C(O)CNc1cc([N+](=O)[O-])cc(N)n1. The number of nitrogens with one attached hydrogen (secondary N) is 1. The van der Waals surface area contributed by atoms with E-state index in [0.717, 1.165) is 12.8 Å². The van der Waals surface area contributed by atoms with Gasteiger partial charge in [-0.05, 0) is 5.92 Å². The molecule has 1 aromatic heterocycles. The van der Waals surface area contributed by atoms with Crippen LogP contribution in [0.2, 0.25) is 0 Å². The maximum absolute atomic E-state index is 10.7. The van der Waals surface area contributed by atoms with Crippen molar-refractivity contribution in [2.45, 2.75) is 32.8 Å². The fourth-order valence-corrected chi connectivity index (χ4v) is 1.94. The number of nitrogen functional groups attached to an aromatic ring is 1. The minimum absolute atomic E-state index is 0.0775. The van der Waals surface area contributed by atoms with Crippen LogP contribution in [0.5, 0.6) is 0 Å². The first-order valence-electron chi connectivity index (χ1n) is 6.31. The predicted molar refractivity (Wildman–Crippen MR) is 73.9 cm³/mol. The number of pyridine rings is 1. The molecule has 0 spiro atoms. The van der Waals surface area contributed by atoms with Crippen LogP contribution in [-0.4, -0.2) is 27.7 Å². The lowest BCUT2D eigenvalue weighted by Crippen LogP contribution is -2.28. The average molecular weight is 268 g/mol. The second kappa shape index (κ2) is 6.89. The Bertz CT molecular complexity index is 435. The Kier molecular flexibility index (Phi) is 5.50. The Labute approximate surface area is 112 Å². The van der Waals surface area contributed by atoms with E-state index in [-0.39, 0.29) is 17.4 Å². The van der Waals surface area contributed by atoms with Crippen molar-refractivity contribution in [3.05, 3.63) is 22.2 Å². The van der Waals surface area contributed by atoms with E-state index in [0.29, 0.717) is 12.4 Å². The Balaban J connectivity index is 2.70. The normalized spacial score (nSPS) is 12.4. The molecule has 0 radical (unpaired) electrons. The summed E-state index contributed by atoms with van der Waals surface area (Å²) in [6, 6.07) is 2.50. The van der Waals surface area contributed by atoms with Crippen LogP contribution < -0.4 is 11.1 Å². The topological polar surface area (TPSA) is 114 Å². The number of anilines is 2. The van der Waals surface area contributed by atoms with E-state index in [1.165, 1.54) is 12.1 Å². The molecule has 0 aliphatic heterocycles. The minimum atomic E-state index is -0.527. The summed E-state index contributed by atoms with van der Waals surface area (Å²) in [6.07, 6.45) is 1.24. The van der Waals surface area contributed by atoms with Crippen molar-refractivity contribution in [1.29, 1.82) is 0 Å². The number of hydrogen-bond donors (Lipinski definition) is 3. The van der Waals surface area contributed by atoms with Gasteiger partial charge in [-0.2, -0.15) is 0 Å². The van der Waals surface area contributed by atoms with Gasteiger partial charge in [0.05, 0.1) is 23.2 Å². The van der Waals surface area contributed by atoms with Crippen molar-refractivity contribution in [1.82, 2.24) is 4.98 Å². The number of hydrogen-bond acceptors (Lipinski definition) is 6. The summed E-state index contributed by atoms with van der Waals surface area (Å²) < 4.78 is 0. The number of aromatic nitrogens is 1. The monoisotopic (exact) mass is 268 g/mol. The van der Waals surface area contributed by atoms with E-state index in [2.05, 4.69) is 10.3 Å². The van der Waals surface area contributed by atoms with E-state index in [9.17, 15) is 15.2 Å². The summed E-state index contributed by atoms with van der Waals surface area (Å²) in [5.74, 6) is 0.578. The fourth-order valence-electron chi connectivity index (χ4n) is 1.94. The molecule has 0 aliphatic rings. The highest BCUT2D eigenvalue weighted by Crippen LogP contribution is 2.19. The molecule has 1 unspecified atom stereocenters. The summed E-state index contributed by atoms with van der Waals surface area (Å²) in [5, 5.41) is 23.5. The van der Waals surface area contributed by atoms with Crippen molar-refractivity contribution in [2.24, 2.45) is 5.92 Å². The van der Waals surface area contributed by atoms with Crippen molar-refractivity contribution in [2.75, 3.05) is 17.6 Å². The summed E-state index contributed by atoms with van der Waals surface area (Å²) in [5.41, 5.74) is 5.38. The number of aliphatic hydroxyl groups is 1. The highest BCUT2D eigenvalue weighted by atomic mass is 16.6. The largest absolute Gasteiger partial charge is 0.391 e. The molecule has 7 heteroatoms. The van der Waals surface area contributed by atoms with Crippen LogP contribution in [0, 0.1) is 16.0 Å². The molecular formula is C12H20N4O3. The van der Waals surface area contributed by atoms with Crippen molar-refractivity contribution in [3.63, 3.8) is 0 Å². The summed E-state index contributed by atoms with van der Waals surface area (Å²) in [4.78, 5) is 14.1. The zero-order valence-corrected chi connectivity index (χ0v) is 11.2. The molecule has 7 nitrogen and oxygen atoms in total. The van der Waals surface area contributed by atoms with Crippen molar-refractivity contribution < 1.29 is 10.0 Å². The molecule has 1 atom stereocenters. The molecule has 0 bridgehead atoms. The van der Waals surface area contributed by atoms with E-state index in [1.54, 1.807) is 0 Å². The van der Waals surface area contributed by atoms with E-state index >= 15 is 0 Å². The zero-order chi connectivity index (χ0) is 14.4. The van der Waals surface area contributed by atoms with Crippen LogP contribution in [0.15, 0.2) is 12.1 Å². The van der Waals surface area contributed by atoms with Gasteiger partial charge in [0.15, 0.2) is 0 Å². The van der Waals surface area contributed by atoms with E-state index < -0.39 is 11.0 Å². The predicted octanol–water partition coefficient (Wildman–Crippen LogP) is 1.78. The third-order valence-corrected chi connectivity index (χ3v) is 3.13. The van der Waals surface area contributed by atoms with Crippen LogP contribution >= 0.6 is 0 Å². The summed E-state index contributed by atoms with van der Waals surface area (Å²) in [6.45, 7) is 4.32. The lowest BCUT2D eigenvalue weighted by Gasteiger charge is -2.20. The second-order valence-corrected chi connectivity index (χ2v) is 4.42. The highest BCUT2D eigenvalue weighted by Gasteiger charge is 2.16. The van der Waals surface area contributed by atoms with Gasteiger partial charge in [0.1, 0.15) is 11.6 Å². The van der Waals surface area contributed by atoms with Crippen molar-refractivity contribution in [3.8, 4) is 0 Å². The number of rotatable bonds is 7. The number of nitrogens with two attached hydrogens (primary N) is 1. The van der Waals surface area contributed by atoms with Gasteiger partial charge >= 0.3 is 0 Å². The van der Waals surface area contributed by atoms with E-state index in [4.69, 9.17) is 5.73 Å². The van der Waals surface area contributed by atoms with Gasteiger partial charge in [0.2, 0.25) is 0 Å². The smallest absolute Gasteiger partial charge is 0.276 e. The molecule has 106 valence electrons. The fraction of sp³-hybridized carbons (Fsp3) is 0.583. The Morgan fingerprint density at radius 2 is 2.11 bits per heavy atom. The first-order chi connectivity index (χ1) is 8.97. The second-order valence-electron chi connectivity index (χ2n) is 4.42. The lowest BCUT2D eigenvalue weighted by atomic mass is 9.96. The molecule has 1 aromatic rings. The first kappa shape index (κ1) is 15.2. The van der Waals surface area contributed by atoms with Crippen LogP contribution in [-0.2, 0) is 0 Å². The molecule has 0 amide bonds. The first-order valence-corrected chi connectivity index (χ1v) is 6.31. The molecule has 0 saturated carbocycles. The lowest BCUT2D eigenvalue weighted by molar-refractivity contribution is -0.384.